The van der Waals surface area contributed by atoms with Crippen molar-refractivity contribution in [2.24, 2.45) is 17.3 Å². The van der Waals surface area contributed by atoms with Crippen LogP contribution in [-0.4, -0.2) is 23.8 Å². The highest BCUT2D eigenvalue weighted by Gasteiger charge is 2.32. The standard InChI is InChI=1S/C16H30N2/c1-16(2,3)14-9-7-13(8-10-14)15(17)18-11-5-4-6-12-18/h13-14,17H,4-12H2,1-3H3. The van der Waals surface area contributed by atoms with Gasteiger partial charge in [0.2, 0.25) is 0 Å². The van der Waals surface area contributed by atoms with Crippen molar-refractivity contribution in [3.8, 4) is 0 Å². The topological polar surface area (TPSA) is 27.1 Å². The van der Waals surface area contributed by atoms with Crippen LogP contribution in [0, 0.1) is 22.7 Å². The second kappa shape index (κ2) is 5.63. The number of likely N-dealkylation sites (tertiary alicyclic amines) is 1. The third-order valence-electron chi connectivity index (χ3n) is 5.04. The molecular formula is C16H30N2. The fraction of sp³-hybridized carbons (Fsp3) is 0.938. The maximum Gasteiger partial charge on any atom is 0.0989 e. The molecule has 1 saturated carbocycles. The molecule has 104 valence electrons. The van der Waals surface area contributed by atoms with Gasteiger partial charge in [0, 0.05) is 19.0 Å². The minimum atomic E-state index is 0.457. The van der Waals surface area contributed by atoms with Gasteiger partial charge in [-0.3, -0.25) is 5.41 Å². The lowest BCUT2D eigenvalue weighted by atomic mass is 9.69. The first-order chi connectivity index (χ1) is 8.48. The highest BCUT2D eigenvalue weighted by Crippen LogP contribution is 2.40. The molecule has 1 saturated heterocycles. The highest BCUT2D eigenvalue weighted by atomic mass is 15.2. The van der Waals surface area contributed by atoms with Crippen molar-refractivity contribution in [1.82, 2.24) is 4.90 Å². The van der Waals surface area contributed by atoms with Gasteiger partial charge in [0.1, 0.15) is 0 Å². The maximum atomic E-state index is 8.43. The van der Waals surface area contributed by atoms with E-state index in [0.717, 1.165) is 24.8 Å². The normalized spacial score (nSPS) is 30.3. The van der Waals surface area contributed by atoms with E-state index < -0.39 is 0 Å². The quantitative estimate of drug-likeness (QED) is 0.545. The van der Waals surface area contributed by atoms with Gasteiger partial charge in [-0.15, -0.1) is 0 Å². The third kappa shape index (κ3) is 3.27. The van der Waals surface area contributed by atoms with Crippen molar-refractivity contribution in [2.75, 3.05) is 13.1 Å². The Kier molecular flexibility index (Phi) is 4.34. The summed E-state index contributed by atoms with van der Waals surface area (Å²) in [5, 5.41) is 8.43. The minimum Gasteiger partial charge on any atom is -0.360 e. The van der Waals surface area contributed by atoms with Crippen molar-refractivity contribution < 1.29 is 0 Å². The highest BCUT2D eigenvalue weighted by molar-refractivity contribution is 5.81. The Morgan fingerprint density at radius 3 is 2.00 bits per heavy atom. The number of piperidine rings is 1. The smallest absolute Gasteiger partial charge is 0.0989 e. The Balaban J connectivity index is 1.83. The summed E-state index contributed by atoms with van der Waals surface area (Å²) in [4.78, 5) is 2.35. The van der Waals surface area contributed by atoms with Gasteiger partial charge in [-0.2, -0.15) is 0 Å². The molecule has 2 rings (SSSR count). The van der Waals surface area contributed by atoms with Crippen LogP contribution < -0.4 is 0 Å². The molecule has 2 nitrogen and oxygen atoms in total. The lowest BCUT2D eigenvalue weighted by molar-refractivity contribution is 0.161. The van der Waals surface area contributed by atoms with Crippen LogP contribution in [0.25, 0.3) is 0 Å². The molecule has 1 aliphatic carbocycles. The average molecular weight is 250 g/mol. The molecule has 0 aromatic heterocycles. The Hall–Kier alpha value is -0.530. The summed E-state index contributed by atoms with van der Waals surface area (Å²) in [5.74, 6) is 2.38. The van der Waals surface area contributed by atoms with Crippen LogP contribution in [0.1, 0.15) is 65.7 Å². The third-order valence-corrected chi connectivity index (χ3v) is 5.04. The average Bonchev–Trinajstić information content (AvgIpc) is 2.38. The zero-order chi connectivity index (χ0) is 13.2. The monoisotopic (exact) mass is 250 g/mol. The van der Waals surface area contributed by atoms with Crippen molar-refractivity contribution in [1.29, 1.82) is 5.41 Å². The van der Waals surface area contributed by atoms with Gasteiger partial charge in [0.15, 0.2) is 0 Å². The molecule has 2 aliphatic rings. The van der Waals surface area contributed by atoms with E-state index in [4.69, 9.17) is 5.41 Å². The number of amidine groups is 1. The van der Waals surface area contributed by atoms with E-state index in [9.17, 15) is 0 Å². The number of hydrogen-bond acceptors (Lipinski definition) is 1. The lowest BCUT2D eigenvalue weighted by Gasteiger charge is -2.40. The molecule has 0 spiro atoms. The zero-order valence-corrected chi connectivity index (χ0v) is 12.5. The fourth-order valence-corrected chi connectivity index (χ4v) is 3.63. The van der Waals surface area contributed by atoms with Crippen LogP contribution in [0.5, 0.6) is 0 Å². The number of hydrogen-bond donors (Lipinski definition) is 1. The van der Waals surface area contributed by atoms with Crippen molar-refractivity contribution in [3.05, 3.63) is 0 Å². The van der Waals surface area contributed by atoms with Gasteiger partial charge in [0.05, 0.1) is 5.84 Å². The van der Waals surface area contributed by atoms with E-state index in [0.29, 0.717) is 11.3 Å². The van der Waals surface area contributed by atoms with Crippen LogP contribution in [-0.2, 0) is 0 Å². The molecule has 1 heterocycles. The van der Waals surface area contributed by atoms with Gasteiger partial charge < -0.3 is 4.90 Å². The van der Waals surface area contributed by atoms with E-state index in [-0.39, 0.29) is 0 Å². The predicted molar refractivity (Wildman–Crippen MR) is 78.1 cm³/mol. The van der Waals surface area contributed by atoms with Gasteiger partial charge in [-0.05, 0) is 56.3 Å². The second-order valence-corrected chi connectivity index (χ2v) is 7.35. The molecular weight excluding hydrogens is 220 g/mol. The molecule has 0 aromatic carbocycles. The van der Waals surface area contributed by atoms with E-state index in [1.54, 1.807) is 0 Å². The fourth-order valence-electron chi connectivity index (χ4n) is 3.63. The summed E-state index contributed by atoms with van der Waals surface area (Å²) < 4.78 is 0. The summed E-state index contributed by atoms with van der Waals surface area (Å²) >= 11 is 0. The Morgan fingerprint density at radius 2 is 1.50 bits per heavy atom. The van der Waals surface area contributed by atoms with Crippen LogP contribution in [0.15, 0.2) is 0 Å². The van der Waals surface area contributed by atoms with Gasteiger partial charge >= 0.3 is 0 Å². The van der Waals surface area contributed by atoms with Crippen LogP contribution in [0.2, 0.25) is 0 Å². The number of rotatable bonds is 1. The summed E-state index contributed by atoms with van der Waals surface area (Å²) in [6.45, 7) is 9.38. The minimum absolute atomic E-state index is 0.457. The van der Waals surface area contributed by atoms with Crippen LogP contribution in [0.4, 0.5) is 0 Å². The summed E-state index contributed by atoms with van der Waals surface area (Å²) in [6.07, 6.45) is 9.09. The molecule has 0 amide bonds. The molecule has 2 heteroatoms. The van der Waals surface area contributed by atoms with E-state index in [1.807, 2.05) is 0 Å². The van der Waals surface area contributed by atoms with Crippen molar-refractivity contribution >= 4 is 5.84 Å². The molecule has 0 atom stereocenters. The summed E-state index contributed by atoms with van der Waals surface area (Å²) in [6, 6.07) is 0. The van der Waals surface area contributed by atoms with Gasteiger partial charge in [-0.25, -0.2) is 0 Å². The molecule has 18 heavy (non-hydrogen) atoms. The molecule has 2 fully saturated rings. The van der Waals surface area contributed by atoms with Crippen LogP contribution in [0.3, 0.4) is 0 Å². The largest absolute Gasteiger partial charge is 0.360 e. The first kappa shape index (κ1) is 13.9. The molecule has 0 bridgehead atoms. The summed E-state index contributed by atoms with van der Waals surface area (Å²) in [7, 11) is 0. The number of nitrogens with one attached hydrogen (secondary N) is 1. The maximum absolute atomic E-state index is 8.43. The predicted octanol–water partition coefficient (Wildman–Crippen LogP) is 4.30. The van der Waals surface area contributed by atoms with Crippen molar-refractivity contribution in [2.45, 2.75) is 65.7 Å². The van der Waals surface area contributed by atoms with Crippen LogP contribution >= 0.6 is 0 Å². The van der Waals surface area contributed by atoms with E-state index >= 15 is 0 Å². The molecule has 0 unspecified atom stereocenters. The molecule has 0 aromatic rings. The molecule has 1 N–H and O–H groups in total. The first-order valence-electron chi connectivity index (χ1n) is 7.82. The Morgan fingerprint density at radius 1 is 0.944 bits per heavy atom. The first-order valence-corrected chi connectivity index (χ1v) is 7.82. The molecule has 0 radical (unpaired) electrons. The SMILES string of the molecule is CC(C)(C)C1CCC(C(=N)N2CCCCC2)CC1. The summed E-state index contributed by atoms with van der Waals surface area (Å²) in [5.41, 5.74) is 0.457. The molecule has 1 aliphatic heterocycles. The lowest BCUT2D eigenvalue weighted by Crippen LogP contribution is -2.41. The Bertz CT molecular complexity index is 276. The van der Waals surface area contributed by atoms with E-state index in [1.165, 1.54) is 44.9 Å². The van der Waals surface area contributed by atoms with Crippen molar-refractivity contribution in [3.63, 3.8) is 0 Å². The number of nitrogens with zero attached hydrogens (tertiary/aromatic N) is 1. The van der Waals surface area contributed by atoms with Gasteiger partial charge in [0.25, 0.3) is 0 Å². The van der Waals surface area contributed by atoms with E-state index in [2.05, 4.69) is 25.7 Å². The van der Waals surface area contributed by atoms with Gasteiger partial charge in [-0.1, -0.05) is 20.8 Å². The Labute approximate surface area is 113 Å². The second-order valence-electron chi connectivity index (χ2n) is 7.35. The zero-order valence-electron chi connectivity index (χ0n) is 12.5.